The Balaban J connectivity index is 0. The molecule has 8 nitrogen and oxygen atoms in total. The van der Waals surface area contributed by atoms with E-state index < -0.39 is 48.7 Å². The van der Waals surface area contributed by atoms with Gasteiger partial charge in [-0.1, -0.05) is 0 Å². The van der Waals surface area contributed by atoms with Gasteiger partial charge in [-0.2, -0.15) is 26.3 Å². The molecule has 18 heteroatoms. The number of carbonyl (C=O) groups is 1. The van der Waals surface area contributed by atoms with E-state index >= 15 is 0 Å². The van der Waals surface area contributed by atoms with Gasteiger partial charge in [-0.3, -0.25) is 0 Å². The molecule has 0 aliphatic rings. The molecule has 0 bridgehead atoms. The van der Waals surface area contributed by atoms with Crippen LogP contribution in [0.1, 0.15) is 19.3 Å². The van der Waals surface area contributed by atoms with Gasteiger partial charge in [0.15, 0.2) is 0 Å². The smallest absolute Gasteiger partial charge is 0.377 e. The first-order chi connectivity index (χ1) is 16.0. The normalized spacial score (nSPS) is 13.8. The Labute approximate surface area is 201 Å². The second kappa shape index (κ2) is 16.8. The van der Waals surface area contributed by atoms with Gasteiger partial charge in [0.25, 0.3) is 0 Å². The molecule has 0 aliphatic heterocycles. The number of rotatable bonds is 15. The quantitative estimate of drug-likeness (QED) is 0.122. The summed E-state index contributed by atoms with van der Waals surface area (Å²) in [5.41, 5.74) is 0. The predicted octanol–water partition coefficient (Wildman–Crippen LogP) is 4.75. The maximum atomic E-state index is 13.2. The Morgan fingerprint density at radius 2 is 1.06 bits per heavy atom. The van der Waals surface area contributed by atoms with Crippen LogP contribution in [0.4, 0.5) is 39.9 Å². The lowest BCUT2D eigenvalue weighted by Crippen LogP contribution is -2.44. The monoisotopic (exact) mass is 571 g/mol. The molecule has 0 N–H and O–H groups in total. The Bertz CT molecular complexity index is 537. The van der Waals surface area contributed by atoms with Crippen LogP contribution in [0.15, 0.2) is 0 Å². The first-order valence-corrected chi connectivity index (χ1v) is 13.9. The lowest BCUT2D eigenvalue weighted by atomic mass is 10.2. The van der Waals surface area contributed by atoms with Crippen LogP contribution in [0.5, 0.6) is 0 Å². The second-order valence-corrected chi connectivity index (χ2v) is 13.0. The summed E-state index contributed by atoms with van der Waals surface area (Å²) < 4.78 is 123. The van der Waals surface area contributed by atoms with Crippen molar-refractivity contribution in [1.29, 1.82) is 0 Å². The average Bonchev–Trinajstić information content (AvgIpc) is 2.77. The van der Waals surface area contributed by atoms with Crippen molar-refractivity contribution in [3.63, 3.8) is 0 Å². The van der Waals surface area contributed by atoms with Crippen molar-refractivity contribution in [3.05, 3.63) is 0 Å². The molecular weight excluding hydrogens is 538 g/mol. The zero-order valence-electron chi connectivity index (χ0n) is 20.4. The zero-order valence-corrected chi connectivity index (χ0v) is 22.4. The van der Waals surface area contributed by atoms with E-state index in [2.05, 4.69) is 0 Å². The van der Waals surface area contributed by atoms with Gasteiger partial charge >= 0.3 is 36.1 Å². The molecule has 0 heterocycles. The summed E-state index contributed by atoms with van der Waals surface area (Å²) in [5.74, 6) is 0. The fraction of sp³-hybridized carbons (Fsp3) is 0.941. The SMILES string of the molecule is CO[Si](CCCN(CCC[Si](OC)(OC)OC)C(=O)F)(OC)OC.FC(CC(F)(F)F)C(F)(F)F. The van der Waals surface area contributed by atoms with Gasteiger partial charge in [0.05, 0.1) is 6.42 Å². The van der Waals surface area contributed by atoms with Crippen LogP contribution in [-0.4, -0.2) is 103 Å². The summed E-state index contributed by atoms with van der Waals surface area (Å²) in [6, 6.07) is 0.986. The third kappa shape index (κ3) is 15.1. The molecule has 0 aromatic heterocycles. The topological polar surface area (TPSA) is 75.7 Å². The van der Waals surface area contributed by atoms with E-state index in [-0.39, 0.29) is 13.1 Å². The zero-order chi connectivity index (χ0) is 27.9. The molecule has 0 fully saturated rings. The van der Waals surface area contributed by atoms with Gasteiger partial charge in [-0.05, 0) is 12.8 Å². The molecule has 0 rings (SSSR count). The lowest BCUT2D eigenvalue weighted by molar-refractivity contribution is -0.222. The van der Waals surface area contributed by atoms with Gasteiger partial charge in [-0.15, -0.1) is 4.39 Å². The summed E-state index contributed by atoms with van der Waals surface area (Å²) in [4.78, 5) is 12.3. The largest absolute Gasteiger partial charge is 0.500 e. The van der Waals surface area contributed by atoms with Crippen LogP contribution in [0.3, 0.4) is 0 Å². The minimum Gasteiger partial charge on any atom is -0.377 e. The van der Waals surface area contributed by atoms with Crippen LogP contribution in [0, 0.1) is 0 Å². The van der Waals surface area contributed by atoms with E-state index in [9.17, 15) is 39.9 Å². The summed E-state index contributed by atoms with van der Waals surface area (Å²) >= 11 is 0. The fourth-order valence-corrected chi connectivity index (χ4v) is 6.10. The average molecular weight is 572 g/mol. The number of amides is 1. The minimum absolute atomic E-state index is 0.252. The Morgan fingerprint density at radius 1 is 0.743 bits per heavy atom. The van der Waals surface area contributed by atoms with Crippen molar-refractivity contribution < 1.29 is 66.5 Å². The fourth-order valence-electron chi connectivity index (χ4n) is 2.69. The van der Waals surface area contributed by atoms with E-state index in [0.717, 1.165) is 4.90 Å². The molecule has 0 aromatic carbocycles. The number of carbonyl (C=O) groups excluding carboxylic acids is 1. The van der Waals surface area contributed by atoms with Crippen LogP contribution >= 0.6 is 0 Å². The van der Waals surface area contributed by atoms with Gasteiger partial charge < -0.3 is 31.5 Å². The number of hydrogen-bond acceptors (Lipinski definition) is 7. The highest BCUT2D eigenvalue weighted by atomic mass is 28.4. The molecule has 212 valence electrons. The molecule has 1 atom stereocenters. The second-order valence-electron chi connectivity index (χ2n) is 6.87. The van der Waals surface area contributed by atoms with E-state index in [0.29, 0.717) is 24.9 Å². The van der Waals surface area contributed by atoms with E-state index in [4.69, 9.17) is 26.6 Å². The van der Waals surface area contributed by atoms with Gasteiger partial charge in [0, 0.05) is 67.8 Å². The Kier molecular flexibility index (Phi) is 17.4. The molecular formula is C17H33F8NO7Si2. The molecule has 0 radical (unpaired) electrons. The highest BCUT2D eigenvalue weighted by molar-refractivity contribution is 6.60. The van der Waals surface area contributed by atoms with Crippen molar-refractivity contribution in [2.24, 2.45) is 0 Å². The molecule has 0 saturated carbocycles. The maximum absolute atomic E-state index is 13.2. The Morgan fingerprint density at radius 3 is 1.23 bits per heavy atom. The first-order valence-electron chi connectivity index (χ1n) is 10.0. The number of nitrogens with zero attached hydrogens (tertiary/aromatic N) is 1. The van der Waals surface area contributed by atoms with Gasteiger partial charge in [0.1, 0.15) is 0 Å². The number of alkyl halides is 7. The third-order valence-corrected chi connectivity index (χ3v) is 10.4. The van der Waals surface area contributed by atoms with Crippen molar-refractivity contribution in [1.82, 2.24) is 4.90 Å². The van der Waals surface area contributed by atoms with E-state index in [1.807, 2.05) is 0 Å². The van der Waals surface area contributed by atoms with Crippen LogP contribution in [0.2, 0.25) is 12.1 Å². The molecule has 0 saturated heterocycles. The molecule has 1 amide bonds. The van der Waals surface area contributed by atoms with Gasteiger partial charge in [0.2, 0.25) is 6.17 Å². The standard InChI is InChI=1S/C13H30FNO7Si2.C4H3F7/c1-17-23(18-2,19-3)11-7-9-15(13(14)16)10-8-12-24(20-4,21-5)22-6;5-2(4(9,10)11)1-3(6,7)8/h7-12H2,1-6H3;2H,1H2. The number of halogens is 8. The summed E-state index contributed by atoms with van der Waals surface area (Å²) in [6.45, 7) is 0.503. The molecule has 1 unspecified atom stereocenters. The molecule has 0 aliphatic carbocycles. The van der Waals surface area contributed by atoms with Crippen molar-refractivity contribution in [2.45, 2.75) is 49.9 Å². The van der Waals surface area contributed by atoms with Crippen LogP contribution < -0.4 is 0 Å². The molecule has 35 heavy (non-hydrogen) atoms. The molecule has 0 spiro atoms. The predicted molar refractivity (Wildman–Crippen MR) is 112 cm³/mol. The third-order valence-electron chi connectivity index (χ3n) is 4.70. The van der Waals surface area contributed by atoms with E-state index in [1.54, 1.807) is 0 Å². The van der Waals surface area contributed by atoms with Crippen LogP contribution in [0.25, 0.3) is 0 Å². The highest BCUT2D eigenvalue weighted by Gasteiger charge is 2.47. The van der Waals surface area contributed by atoms with Crippen molar-refractivity contribution in [2.75, 3.05) is 55.7 Å². The van der Waals surface area contributed by atoms with E-state index in [1.165, 1.54) is 42.7 Å². The van der Waals surface area contributed by atoms with Crippen LogP contribution in [-0.2, 0) is 26.6 Å². The van der Waals surface area contributed by atoms with Gasteiger partial charge in [-0.25, -0.2) is 9.18 Å². The minimum atomic E-state index is -5.42. The van der Waals surface area contributed by atoms with Crippen molar-refractivity contribution in [3.8, 4) is 0 Å². The molecule has 0 aromatic rings. The van der Waals surface area contributed by atoms with Crippen molar-refractivity contribution >= 4 is 23.8 Å². The number of hydrogen-bond donors (Lipinski definition) is 0. The summed E-state index contributed by atoms with van der Waals surface area (Å²) in [5, 5.41) is 0. The maximum Gasteiger partial charge on any atom is 0.500 e. The summed E-state index contributed by atoms with van der Waals surface area (Å²) in [6.07, 6.45) is -17.3. The Hall–Kier alpha value is -0.896. The first kappa shape index (κ1) is 36.3. The highest BCUT2D eigenvalue weighted by Crippen LogP contribution is 2.32. The lowest BCUT2D eigenvalue weighted by Gasteiger charge is -2.27. The summed E-state index contributed by atoms with van der Waals surface area (Å²) in [7, 11) is 3.67.